The van der Waals surface area contributed by atoms with E-state index >= 15 is 0 Å². The van der Waals surface area contributed by atoms with E-state index in [1.807, 2.05) is 0 Å². The van der Waals surface area contributed by atoms with Gasteiger partial charge in [-0.1, -0.05) is 0 Å². The highest BCUT2D eigenvalue weighted by atomic mass is 35.5. The van der Waals surface area contributed by atoms with Crippen LogP contribution in [0, 0.1) is 0 Å². The van der Waals surface area contributed by atoms with Gasteiger partial charge in [0.15, 0.2) is 0 Å². The van der Waals surface area contributed by atoms with Gasteiger partial charge in [-0.05, 0) is 0 Å². The molecule has 4 nitrogen and oxygen atoms in total. The SMILES string of the molecule is OCC(O)C(Cl)C(O)C(Cl)CO. The Morgan fingerprint density at radius 2 is 1.50 bits per heavy atom. The molecule has 4 unspecified atom stereocenters. The van der Waals surface area contributed by atoms with Crippen molar-refractivity contribution in [3.8, 4) is 0 Å². The number of alkyl halides is 2. The zero-order valence-corrected chi connectivity index (χ0v) is 7.78. The number of aliphatic hydroxyl groups excluding tert-OH is 4. The Morgan fingerprint density at radius 3 is 1.83 bits per heavy atom. The molecule has 0 saturated carbocycles. The third-order valence-electron chi connectivity index (χ3n) is 1.43. The maximum Gasteiger partial charge on any atom is 0.0959 e. The summed E-state index contributed by atoms with van der Waals surface area (Å²) in [6.07, 6.45) is -2.49. The Hall–Kier alpha value is 0.420. The van der Waals surface area contributed by atoms with Crippen LogP contribution < -0.4 is 0 Å². The Balaban J connectivity index is 3.99. The van der Waals surface area contributed by atoms with E-state index in [1.165, 1.54) is 0 Å². The van der Waals surface area contributed by atoms with E-state index in [4.69, 9.17) is 38.5 Å². The molecule has 0 aliphatic carbocycles. The first-order chi connectivity index (χ1) is 5.54. The molecule has 0 amide bonds. The van der Waals surface area contributed by atoms with Gasteiger partial charge in [0, 0.05) is 0 Å². The van der Waals surface area contributed by atoms with Gasteiger partial charge in [0.2, 0.25) is 0 Å². The number of halogens is 2. The average molecular weight is 219 g/mol. The fraction of sp³-hybridized carbons (Fsp3) is 1.00. The van der Waals surface area contributed by atoms with E-state index in [0.717, 1.165) is 0 Å². The quantitative estimate of drug-likeness (QED) is 0.443. The lowest BCUT2D eigenvalue weighted by atomic mass is 10.1. The minimum Gasteiger partial charge on any atom is -0.395 e. The van der Waals surface area contributed by atoms with Gasteiger partial charge in [-0.2, -0.15) is 0 Å². The molecular weight excluding hydrogens is 207 g/mol. The molecule has 12 heavy (non-hydrogen) atoms. The molecule has 6 heteroatoms. The number of rotatable bonds is 5. The first kappa shape index (κ1) is 12.4. The lowest BCUT2D eigenvalue weighted by molar-refractivity contribution is 0.0390. The lowest BCUT2D eigenvalue weighted by Gasteiger charge is -2.23. The van der Waals surface area contributed by atoms with Gasteiger partial charge in [-0.15, -0.1) is 23.2 Å². The van der Waals surface area contributed by atoms with Crippen molar-refractivity contribution in [2.24, 2.45) is 0 Å². The molecular formula is C6H12Cl2O4. The minimum absolute atomic E-state index is 0.440. The Bertz CT molecular complexity index is 110. The number of hydrogen-bond donors (Lipinski definition) is 4. The van der Waals surface area contributed by atoms with Crippen LogP contribution in [0.2, 0.25) is 0 Å². The molecule has 4 N–H and O–H groups in total. The van der Waals surface area contributed by atoms with Gasteiger partial charge >= 0.3 is 0 Å². The van der Waals surface area contributed by atoms with Gasteiger partial charge in [0.05, 0.1) is 36.2 Å². The zero-order valence-electron chi connectivity index (χ0n) is 6.27. The summed E-state index contributed by atoms with van der Waals surface area (Å²) in [5.41, 5.74) is 0. The van der Waals surface area contributed by atoms with Crippen molar-refractivity contribution in [3.05, 3.63) is 0 Å². The summed E-state index contributed by atoms with van der Waals surface area (Å²) in [7, 11) is 0. The largest absolute Gasteiger partial charge is 0.395 e. The zero-order chi connectivity index (χ0) is 9.72. The fourth-order valence-corrected chi connectivity index (χ4v) is 1.12. The lowest BCUT2D eigenvalue weighted by Crippen LogP contribution is -2.41. The second-order valence-corrected chi connectivity index (χ2v) is 3.45. The van der Waals surface area contributed by atoms with Crippen LogP contribution in [0.5, 0.6) is 0 Å². The van der Waals surface area contributed by atoms with Crippen molar-refractivity contribution in [2.75, 3.05) is 13.2 Å². The average Bonchev–Trinajstić information content (AvgIpc) is 2.12. The van der Waals surface area contributed by atoms with Crippen molar-refractivity contribution >= 4 is 23.2 Å². The second-order valence-electron chi connectivity index (χ2n) is 2.38. The Labute approximate surface area is 80.3 Å². The summed E-state index contributed by atoms with van der Waals surface area (Å²) in [5, 5.41) is 33.1. The van der Waals surface area contributed by atoms with E-state index in [9.17, 15) is 5.11 Å². The fourth-order valence-electron chi connectivity index (χ4n) is 0.636. The molecule has 0 aromatic rings. The minimum atomic E-state index is -1.25. The number of aliphatic hydroxyl groups is 4. The summed E-state index contributed by atoms with van der Waals surface area (Å²) in [6, 6.07) is 0. The normalized spacial score (nSPS) is 21.5. The van der Waals surface area contributed by atoms with E-state index < -0.39 is 36.2 Å². The summed E-state index contributed by atoms with van der Waals surface area (Å²) >= 11 is 10.9. The van der Waals surface area contributed by atoms with Gasteiger partial charge in [0.1, 0.15) is 0 Å². The molecule has 0 rings (SSSR count). The molecule has 0 fully saturated rings. The van der Waals surface area contributed by atoms with E-state index in [2.05, 4.69) is 0 Å². The molecule has 0 spiro atoms. The van der Waals surface area contributed by atoms with Crippen LogP contribution in [0.25, 0.3) is 0 Å². The summed E-state index contributed by atoms with van der Waals surface area (Å²) in [4.78, 5) is 0. The van der Waals surface area contributed by atoms with E-state index in [1.54, 1.807) is 0 Å². The molecule has 0 aliphatic rings. The standard InChI is InChI=1S/C6H12Cl2O4/c7-3(1-9)6(12)5(8)4(11)2-10/h3-6,9-12H,1-2H2. The molecule has 0 aromatic heterocycles. The van der Waals surface area contributed by atoms with E-state index in [-0.39, 0.29) is 0 Å². The first-order valence-corrected chi connectivity index (χ1v) is 4.27. The molecule has 74 valence electrons. The smallest absolute Gasteiger partial charge is 0.0959 e. The Kier molecular flexibility index (Phi) is 6.17. The highest BCUT2D eigenvalue weighted by Crippen LogP contribution is 2.15. The molecule has 0 aromatic carbocycles. The third kappa shape index (κ3) is 3.43. The first-order valence-electron chi connectivity index (χ1n) is 3.40. The van der Waals surface area contributed by atoms with Crippen LogP contribution in [0.15, 0.2) is 0 Å². The monoisotopic (exact) mass is 218 g/mol. The van der Waals surface area contributed by atoms with Crippen molar-refractivity contribution in [1.82, 2.24) is 0 Å². The molecule has 0 radical (unpaired) electrons. The van der Waals surface area contributed by atoms with Crippen LogP contribution in [-0.2, 0) is 0 Å². The third-order valence-corrected chi connectivity index (χ3v) is 2.37. The molecule has 0 saturated heterocycles. The van der Waals surface area contributed by atoms with Gasteiger partial charge in [0.25, 0.3) is 0 Å². The highest BCUT2D eigenvalue weighted by Gasteiger charge is 2.29. The highest BCUT2D eigenvalue weighted by molar-refractivity contribution is 6.24. The van der Waals surface area contributed by atoms with Crippen LogP contribution in [0.3, 0.4) is 0 Å². The van der Waals surface area contributed by atoms with Gasteiger partial charge in [-0.3, -0.25) is 0 Å². The van der Waals surface area contributed by atoms with Crippen LogP contribution in [-0.4, -0.2) is 56.6 Å². The summed E-state index contributed by atoms with van der Waals surface area (Å²) in [5.74, 6) is 0. The van der Waals surface area contributed by atoms with Crippen LogP contribution in [0.4, 0.5) is 0 Å². The molecule has 0 heterocycles. The predicted octanol–water partition coefficient (Wildman–Crippen LogP) is -1.09. The predicted molar refractivity (Wildman–Crippen MR) is 45.5 cm³/mol. The topological polar surface area (TPSA) is 80.9 Å². The van der Waals surface area contributed by atoms with Gasteiger partial charge < -0.3 is 20.4 Å². The van der Waals surface area contributed by atoms with E-state index in [0.29, 0.717) is 0 Å². The molecule has 0 aliphatic heterocycles. The molecule has 0 bridgehead atoms. The maximum absolute atomic E-state index is 9.19. The van der Waals surface area contributed by atoms with Crippen LogP contribution in [0.1, 0.15) is 0 Å². The van der Waals surface area contributed by atoms with Crippen molar-refractivity contribution in [2.45, 2.75) is 23.0 Å². The van der Waals surface area contributed by atoms with Crippen molar-refractivity contribution < 1.29 is 20.4 Å². The van der Waals surface area contributed by atoms with Crippen molar-refractivity contribution in [1.29, 1.82) is 0 Å². The maximum atomic E-state index is 9.19. The Morgan fingerprint density at radius 1 is 1.00 bits per heavy atom. The summed E-state index contributed by atoms with van der Waals surface area (Å²) in [6.45, 7) is -0.996. The summed E-state index contributed by atoms with van der Waals surface area (Å²) < 4.78 is 0. The van der Waals surface area contributed by atoms with Gasteiger partial charge in [-0.25, -0.2) is 0 Å². The number of hydrogen-bond acceptors (Lipinski definition) is 4. The van der Waals surface area contributed by atoms with Crippen molar-refractivity contribution in [3.63, 3.8) is 0 Å². The molecule has 4 atom stereocenters. The second kappa shape index (κ2) is 5.96. The van der Waals surface area contributed by atoms with Crippen LogP contribution >= 0.6 is 23.2 Å².